The number of nitro groups is 1. The summed E-state index contributed by atoms with van der Waals surface area (Å²) in [7, 11) is 1.50. The van der Waals surface area contributed by atoms with Crippen molar-refractivity contribution in [3.63, 3.8) is 0 Å². The molecule has 0 aliphatic carbocycles. The minimum Gasteiger partial charge on any atom is -0.382 e. The Kier molecular flexibility index (Phi) is 5.83. The number of methoxy groups -OCH3 is 1. The Hall–Kier alpha value is -2.06. The molecule has 0 radical (unpaired) electrons. The largest absolute Gasteiger partial charge is 0.382 e. The minimum atomic E-state index is -0.959. The number of nitrogens with zero attached hydrogens (tertiary/aromatic N) is 1. The van der Waals surface area contributed by atoms with Crippen molar-refractivity contribution >= 4 is 17.3 Å². The number of hydrogen-bond donors (Lipinski definition) is 1. The summed E-state index contributed by atoms with van der Waals surface area (Å²) >= 11 is 0. The Balaban J connectivity index is 2.55. The Morgan fingerprint density at radius 3 is 2.84 bits per heavy atom. The summed E-state index contributed by atoms with van der Waals surface area (Å²) in [5.74, 6) is -1.45. The number of hydrogen-bond acceptors (Lipinski definition) is 5. The van der Waals surface area contributed by atoms with E-state index >= 15 is 0 Å². The summed E-state index contributed by atoms with van der Waals surface area (Å²) in [6, 6.07) is 3.09. The standard InChI is InChI=1S/C11H13FN2O5/c1-18-4-5-19-7-11(15)13-8-2-3-9(12)10(6-8)14(16)17/h2-3,6H,4-5,7H2,1H3,(H,13,15). The van der Waals surface area contributed by atoms with Crippen molar-refractivity contribution in [1.82, 2.24) is 0 Å². The zero-order valence-electron chi connectivity index (χ0n) is 10.2. The SMILES string of the molecule is COCCOCC(=O)Nc1ccc(F)c([N+](=O)[O-])c1. The molecule has 7 nitrogen and oxygen atoms in total. The third-order valence-electron chi connectivity index (χ3n) is 2.09. The maximum Gasteiger partial charge on any atom is 0.306 e. The van der Waals surface area contributed by atoms with Crippen molar-refractivity contribution in [2.75, 3.05) is 32.2 Å². The Bertz CT molecular complexity index is 466. The van der Waals surface area contributed by atoms with E-state index in [1.54, 1.807) is 0 Å². The zero-order chi connectivity index (χ0) is 14.3. The molecule has 19 heavy (non-hydrogen) atoms. The van der Waals surface area contributed by atoms with Crippen LogP contribution in [0.2, 0.25) is 0 Å². The summed E-state index contributed by atoms with van der Waals surface area (Å²) in [6.07, 6.45) is 0. The molecule has 0 atom stereocenters. The molecule has 1 N–H and O–H groups in total. The number of carbonyl (C=O) groups is 1. The van der Waals surface area contributed by atoms with E-state index < -0.39 is 22.3 Å². The van der Waals surface area contributed by atoms with Gasteiger partial charge in [0.15, 0.2) is 0 Å². The third-order valence-corrected chi connectivity index (χ3v) is 2.09. The molecule has 0 saturated carbocycles. The Morgan fingerprint density at radius 1 is 1.47 bits per heavy atom. The van der Waals surface area contributed by atoms with Gasteiger partial charge < -0.3 is 14.8 Å². The molecule has 1 amide bonds. The van der Waals surface area contributed by atoms with Crippen molar-refractivity contribution < 1.29 is 23.6 Å². The molecule has 0 unspecified atom stereocenters. The number of carbonyl (C=O) groups excluding carboxylic acids is 1. The average Bonchev–Trinajstić information content (AvgIpc) is 2.36. The van der Waals surface area contributed by atoms with E-state index in [1.807, 2.05) is 0 Å². The molecule has 1 aromatic rings. The van der Waals surface area contributed by atoms with Crippen molar-refractivity contribution in [3.8, 4) is 0 Å². The van der Waals surface area contributed by atoms with Crippen molar-refractivity contribution in [1.29, 1.82) is 0 Å². The molecule has 0 aromatic heterocycles. The van der Waals surface area contributed by atoms with E-state index in [-0.39, 0.29) is 18.9 Å². The minimum absolute atomic E-state index is 0.133. The first-order valence-electron chi connectivity index (χ1n) is 5.35. The van der Waals surface area contributed by atoms with Crippen LogP contribution in [-0.2, 0) is 14.3 Å². The number of nitrogens with one attached hydrogen (secondary N) is 1. The monoisotopic (exact) mass is 272 g/mol. The first kappa shape index (κ1) is 15.0. The van der Waals surface area contributed by atoms with Crippen molar-refractivity contribution in [3.05, 3.63) is 34.1 Å². The molecule has 1 aromatic carbocycles. The fourth-order valence-corrected chi connectivity index (χ4v) is 1.23. The molecule has 1 rings (SSSR count). The predicted molar refractivity (Wildman–Crippen MR) is 64.4 cm³/mol. The van der Waals surface area contributed by atoms with Crippen LogP contribution in [0.25, 0.3) is 0 Å². The van der Waals surface area contributed by atoms with Crippen molar-refractivity contribution in [2.24, 2.45) is 0 Å². The van der Waals surface area contributed by atoms with Gasteiger partial charge in [-0.15, -0.1) is 0 Å². The molecule has 0 heterocycles. The number of nitro benzene ring substituents is 1. The quantitative estimate of drug-likeness (QED) is 0.459. The van der Waals surface area contributed by atoms with Crippen LogP contribution in [-0.4, -0.2) is 37.8 Å². The highest BCUT2D eigenvalue weighted by Crippen LogP contribution is 2.21. The van der Waals surface area contributed by atoms with Gasteiger partial charge in [0.1, 0.15) is 6.61 Å². The molecule has 0 saturated heterocycles. The summed E-state index contributed by atoms with van der Waals surface area (Å²) in [5.41, 5.74) is -0.563. The molecule has 0 aliphatic rings. The molecule has 104 valence electrons. The fraction of sp³-hybridized carbons (Fsp3) is 0.364. The lowest BCUT2D eigenvalue weighted by atomic mass is 10.2. The smallest absolute Gasteiger partial charge is 0.306 e. The van der Waals surface area contributed by atoms with Gasteiger partial charge in [-0.2, -0.15) is 4.39 Å². The molecule has 0 fully saturated rings. The lowest BCUT2D eigenvalue weighted by Crippen LogP contribution is -2.19. The maximum absolute atomic E-state index is 13.1. The summed E-state index contributed by atoms with van der Waals surface area (Å²) < 4.78 is 22.7. The molecule has 0 spiro atoms. The lowest BCUT2D eigenvalue weighted by Gasteiger charge is -2.06. The van der Waals surface area contributed by atoms with Gasteiger partial charge in [0.2, 0.25) is 11.7 Å². The van der Waals surface area contributed by atoms with Crippen LogP contribution >= 0.6 is 0 Å². The summed E-state index contributed by atoms with van der Waals surface area (Å²) in [5, 5.41) is 12.9. The van der Waals surface area contributed by atoms with E-state index in [0.29, 0.717) is 6.61 Å². The first-order valence-corrected chi connectivity index (χ1v) is 5.35. The fourth-order valence-electron chi connectivity index (χ4n) is 1.23. The average molecular weight is 272 g/mol. The number of rotatable bonds is 7. The highest BCUT2D eigenvalue weighted by Gasteiger charge is 2.15. The number of amides is 1. The Morgan fingerprint density at radius 2 is 2.21 bits per heavy atom. The number of anilines is 1. The van der Waals surface area contributed by atoms with E-state index in [1.165, 1.54) is 13.2 Å². The van der Waals surface area contributed by atoms with Gasteiger partial charge in [0, 0.05) is 18.9 Å². The van der Waals surface area contributed by atoms with Crippen LogP contribution in [0.1, 0.15) is 0 Å². The number of benzene rings is 1. The molecule has 0 aliphatic heterocycles. The van der Waals surface area contributed by atoms with Crippen molar-refractivity contribution in [2.45, 2.75) is 0 Å². The van der Waals surface area contributed by atoms with Crippen LogP contribution in [0, 0.1) is 15.9 Å². The highest BCUT2D eigenvalue weighted by molar-refractivity contribution is 5.91. The van der Waals surface area contributed by atoms with E-state index in [2.05, 4.69) is 5.32 Å². The lowest BCUT2D eigenvalue weighted by molar-refractivity contribution is -0.387. The first-order chi connectivity index (χ1) is 9.04. The van der Waals surface area contributed by atoms with Crippen LogP contribution in [0.5, 0.6) is 0 Å². The molecular formula is C11H13FN2O5. The van der Waals surface area contributed by atoms with Gasteiger partial charge in [-0.25, -0.2) is 0 Å². The zero-order valence-corrected chi connectivity index (χ0v) is 10.2. The van der Waals surface area contributed by atoms with Crippen LogP contribution in [0.3, 0.4) is 0 Å². The van der Waals surface area contributed by atoms with E-state index in [4.69, 9.17) is 9.47 Å². The summed E-state index contributed by atoms with van der Waals surface area (Å²) in [6.45, 7) is 0.400. The second-order valence-corrected chi connectivity index (χ2v) is 3.52. The van der Waals surface area contributed by atoms with Gasteiger partial charge in [-0.1, -0.05) is 0 Å². The summed E-state index contributed by atoms with van der Waals surface area (Å²) in [4.78, 5) is 21.1. The molecule has 0 bridgehead atoms. The highest BCUT2D eigenvalue weighted by atomic mass is 19.1. The topological polar surface area (TPSA) is 90.7 Å². The predicted octanol–water partition coefficient (Wildman–Crippen LogP) is 1.34. The number of ether oxygens (including phenoxy) is 2. The van der Waals surface area contributed by atoms with Crippen LogP contribution in [0.4, 0.5) is 15.8 Å². The molecule has 8 heteroatoms. The van der Waals surface area contributed by atoms with Gasteiger partial charge in [0.05, 0.1) is 18.1 Å². The second-order valence-electron chi connectivity index (χ2n) is 3.52. The van der Waals surface area contributed by atoms with Crippen LogP contribution in [0.15, 0.2) is 18.2 Å². The normalized spacial score (nSPS) is 10.2. The van der Waals surface area contributed by atoms with Gasteiger partial charge in [-0.05, 0) is 12.1 Å². The van der Waals surface area contributed by atoms with E-state index in [9.17, 15) is 19.3 Å². The molecular weight excluding hydrogens is 259 g/mol. The maximum atomic E-state index is 13.1. The van der Waals surface area contributed by atoms with Gasteiger partial charge in [-0.3, -0.25) is 14.9 Å². The van der Waals surface area contributed by atoms with Gasteiger partial charge >= 0.3 is 5.69 Å². The third kappa shape index (κ3) is 4.98. The van der Waals surface area contributed by atoms with Crippen LogP contribution < -0.4 is 5.32 Å². The van der Waals surface area contributed by atoms with E-state index in [0.717, 1.165) is 12.1 Å². The Labute approximate surface area is 108 Å². The number of halogens is 1. The van der Waals surface area contributed by atoms with Gasteiger partial charge in [0.25, 0.3) is 0 Å². The second kappa shape index (κ2) is 7.39.